The molecule has 0 bridgehead atoms. The van der Waals surface area contributed by atoms with E-state index in [4.69, 9.17) is 22.1 Å². The Balaban J connectivity index is 1.79. The molecule has 0 spiro atoms. The number of hydrogen-bond acceptors (Lipinski definition) is 3. The van der Waals surface area contributed by atoms with Crippen LogP contribution in [0.2, 0.25) is 5.02 Å². The lowest BCUT2D eigenvalue weighted by atomic mass is 9.95. The molecule has 1 unspecified atom stereocenters. The Labute approximate surface area is 160 Å². The topological polar surface area (TPSA) is 80.0 Å². The highest BCUT2D eigenvalue weighted by atomic mass is 35.5. The minimum absolute atomic E-state index is 0.227. The zero-order chi connectivity index (χ0) is 18.8. The molecule has 3 N–H and O–H groups in total. The molecule has 0 aliphatic carbocycles. The van der Waals surface area contributed by atoms with Crippen molar-refractivity contribution in [3.8, 4) is 0 Å². The molecule has 1 saturated heterocycles. The molecule has 1 aliphatic heterocycles. The molecule has 0 aromatic heterocycles. The quantitative estimate of drug-likeness (QED) is 0.412. The number of aliphatic imine (C=N–C) groups is 1. The van der Waals surface area contributed by atoms with E-state index in [1.165, 1.54) is 0 Å². The molecule has 2 rings (SSSR count). The van der Waals surface area contributed by atoms with Gasteiger partial charge in [-0.05, 0) is 43.4 Å². The number of rotatable bonds is 8. The van der Waals surface area contributed by atoms with E-state index in [0.29, 0.717) is 32.1 Å². The number of carbonyl (C=O) groups is 1. The summed E-state index contributed by atoms with van der Waals surface area (Å²) in [5.74, 6) is 0.970. The first-order valence-corrected chi connectivity index (χ1v) is 9.60. The third-order valence-corrected chi connectivity index (χ3v) is 4.57. The van der Waals surface area contributed by atoms with Gasteiger partial charge in [0.25, 0.3) is 0 Å². The van der Waals surface area contributed by atoms with Gasteiger partial charge in [0.1, 0.15) is 0 Å². The summed E-state index contributed by atoms with van der Waals surface area (Å²) in [7, 11) is 0. The van der Waals surface area contributed by atoms with E-state index in [0.717, 1.165) is 49.0 Å². The van der Waals surface area contributed by atoms with Crippen molar-refractivity contribution >= 4 is 23.5 Å². The summed E-state index contributed by atoms with van der Waals surface area (Å²) in [5, 5.41) is 4.06. The van der Waals surface area contributed by atoms with Crippen molar-refractivity contribution in [3.05, 3.63) is 34.9 Å². The number of nitrogens with one attached hydrogen (secondary N) is 1. The summed E-state index contributed by atoms with van der Waals surface area (Å²) in [5.41, 5.74) is 6.44. The second-order valence-corrected chi connectivity index (χ2v) is 6.98. The van der Waals surface area contributed by atoms with Gasteiger partial charge in [-0.2, -0.15) is 0 Å². The first-order valence-electron chi connectivity index (χ1n) is 9.22. The van der Waals surface area contributed by atoms with Gasteiger partial charge >= 0.3 is 0 Å². The molecule has 144 valence electrons. The Morgan fingerprint density at radius 3 is 2.88 bits per heavy atom. The van der Waals surface area contributed by atoms with Gasteiger partial charge in [0.2, 0.25) is 5.91 Å². The lowest BCUT2D eigenvalue weighted by Crippen LogP contribution is -2.47. The molecule has 1 aromatic carbocycles. The number of guanidine groups is 1. The standard InChI is InChI=1S/C19H29ClN4O2/c1-2-22-19(24-10-3-4-16(13-24)12-18(21)25)23-9-11-26-14-15-5-7-17(20)8-6-15/h5-8,16H,2-4,9-14H2,1H3,(H2,21,25)(H,22,23). The summed E-state index contributed by atoms with van der Waals surface area (Å²) in [6.45, 7) is 6.32. The molecular weight excluding hydrogens is 352 g/mol. The van der Waals surface area contributed by atoms with E-state index < -0.39 is 0 Å². The highest BCUT2D eigenvalue weighted by Gasteiger charge is 2.23. The fourth-order valence-electron chi connectivity index (χ4n) is 3.12. The van der Waals surface area contributed by atoms with Crippen molar-refractivity contribution in [2.45, 2.75) is 32.8 Å². The van der Waals surface area contributed by atoms with Gasteiger partial charge in [-0.15, -0.1) is 0 Å². The van der Waals surface area contributed by atoms with Crippen LogP contribution in [0.3, 0.4) is 0 Å². The Morgan fingerprint density at radius 2 is 2.19 bits per heavy atom. The SMILES string of the molecule is CCNC(=NCCOCc1ccc(Cl)cc1)N1CCCC(CC(N)=O)C1. The number of piperidine rings is 1. The summed E-state index contributed by atoms with van der Waals surface area (Å²) >= 11 is 5.88. The number of hydrogen-bond donors (Lipinski definition) is 2. The molecule has 0 saturated carbocycles. The molecule has 1 amide bonds. The zero-order valence-electron chi connectivity index (χ0n) is 15.4. The monoisotopic (exact) mass is 380 g/mol. The smallest absolute Gasteiger partial charge is 0.217 e. The average molecular weight is 381 g/mol. The maximum atomic E-state index is 11.2. The van der Waals surface area contributed by atoms with E-state index in [9.17, 15) is 4.79 Å². The van der Waals surface area contributed by atoms with E-state index >= 15 is 0 Å². The van der Waals surface area contributed by atoms with E-state index in [2.05, 4.69) is 22.1 Å². The number of primary amides is 1. The van der Waals surface area contributed by atoms with Crippen LogP contribution in [0, 0.1) is 5.92 Å². The number of ether oxygens (including phenoxy) is 1. The average Bonchev–Trinajstić information content (AvgIpc) is 2.62. The maximum Gasteiger partial charge on any atom is 0.217 e. The van der Waals surface area contributed by atoms with Crippen LogP contribution < -0.4 is 11.1 Å². The van der Waals surface area contributed by atoms with Crippen molar-refractivity contribution < 1.29 is 9.53 Å². The Kier molecular flexibility index (Phi) is 8.71. The summed E-state index contributed by atoms with van der Waals surface area (Å²) in [4.78, 5) is 18.1. The molecule has 1 aromatic rings. The van der Waals surface area contributed by atoms with Crippen LogP contribution in [0.15, 0.2) is 29.3 Å². The second kappa shape index (κ2) is 11.0. The Bertz CT molecular complexity index is 592. The molecule has 7 heteroatoms. The van der Waals surface area contributed by atoms with Gasteiger partial charge in [-0.25, -0.2) is 0 Å². The first-order chi connectivity index (χ1) is 12.6. The predicted octanol–water partition coefficient (Wildman–Crippen LogP) is 2.41. The van der Waals surface area contributed by atoms with Crippen LogP contribution in [0.4, 0.5) is 0 Å². The highest BCUT2D eigenvalue weighted by molar-refractivity contribution is 6.30. The van der Waals surface area contributed by atoms with E-state index in [1.54, 1.807) is 0 Å². The largest absolute Gasteiger partial charge is 0.375 e. The predicted molar refractivity (Wildman–Crippen MR) is 105 cm³/mol. The molecule has 1 fully saturated rings. The van der Waals surface area contributed by atoms with Gasteiger partial charge in [-0.1, -0.05) is 23.7 Å². The second-order valence-electron chi connectivity index (χ2n) is 6.54. The zero-order valence-corrected chi connectivity index (χ0v) is 16.2. The van der Waals surface area contributed by atoms with E-state index in [1.807, 2.05) is 24.3 Å². The third kappa shape index (κ3) is 7.22. The number of halogens is 1. The summed E-state index contributed by atoms with van der Waals surface area (Å²) < 4.78 is 5.69. The van der Waals surface area contributed by atoms with Crippen LogP contribution in [-0.2, 0) is 16.1 Å². The Hall–Kier alpha value is -1.79. The van der Waals surface area contributed by atoms with Crippen molar-refractivity contribution in [2.24, 2.45) is 16.6 Å². The number of likely N-dealkylation sites (tertiary alicyclic amines) is 1. The number of nitrogens with two attached hydrogens (primary N) is 1. The van der Waals surface area contributed by atoms with Gasteiger partial charge < -0.3 is 20.7 Å². The molecule has 26 heavy (non-hydrogen) atoms. The maximum absolute atomic E-state index is 11.2. The summed E-state index contributed by atoms with van der Waals surface area (Å²) in [6.07, 6.45) is 2.54. The minimum atomic E-state index is -0.227. The van der Waals surface area contributed by atoms with Crippen LogP contribution >= 0.6 is 11.6 Å². The molecule has 0 radical (unpaired) electrons. The number of nitrogens with zero attached hydrogens (tertiary/aromatic N) is 2. The van der Waals surface area contributed by atoms with Gasteiger partial charge in [0, 0.05) is 31.1 Å². The van der Waals surface area contributed by atoms with Crippen LogP contribution in [0.25, 0.3) is 0 Å². The van der Waals surface area contributed by atoms with Gasteiger partial charge in [0.15, 0.2) is 5.96 Å². The first kappa shape index (κ1) is 20.5. The van der Waals surface area contributed by atoms with Crippen molar-refractivity contribution in [1.29, 1.82) is 0 Å². The fourth-order valence-corrected chi connectivity index (χ4v) is 3.25. The lowest BCUT2D eigenvalue weighted by Gasteiger charge is -2.34. The number of carbonyl (C=O) groups excluding carboxylic acids is 1. The normalized spacial score (nSPS) is 18.0. The lowest BCUT2D eigenvalue weighted by molar-refractivity contribution is -0.119. The van der Waals surface area contributed by atoms with Gasteiger partial charge in [-0.3, -0.25) is 9.79 Å². The summed E-state index contributed by atoms with van der Waals surface area (Å²) in [6, 6.07) is 7.64. The van der Waals surface area contributed by atoms with Crippen molar-refractivity contribution in [3.63, 3.8) is 0 Å². The third-order valence-electron chi connectivity index (χ3n) is 4.32. The molecule has 1 atom stereocenters. The minimum Gasteiger partial charge on any atom is -0.375 e. The number of amides is 1. The fraction of sp³-hybridized carbons (Fsp3) is 0.579. The van der Waals surface area contributed by atoms with Crippen molar-refractivity contribution in [1.82, 2.24) is 10.2 Å². The number of benzene rings is 1. The highest BCUT2D eigenvalue weighted by Crippen LogP contribution is 2.19. The Morgan fingerprint density at radius 1 is 1.42 bits per heavy atom. The molecule has 6 nitrogen and oxygen atoms in total. The van der Waals surface area contributed by atoms with Crippen LogP contribution in [-0.4, -0.2) is 49.6 Å². The molecule has 1 heterocycles. The van der Waals surface area contributed by atoms with Crippen LogP contribution in [0.1, 0.15) is 31.7 Å². The van der Waals surface area contributed by atoms with Crippen molar-refractivity contribution in [2.75, 3.05) is 32.8 Å². The van der Waals surface area contributed by atoms with Crippen LogP contribution in [0.5, 0.6) is 0 Å². The van der Waals surface area contributed by atoms with Gasteiger partial charge in [0.05, 0.1) is 19.8 Å². The van der Waals surface area contributed by atoms with E-state index in [-0.39, 0.29) is 5.91 Å². The molecule has 1 aliphatic rings. The molecular formula is C19H29ClN4O2.